The van der Waals surface area contributed by atoms with E-state index in [1.54, 1.807) is 13.2 Å². The van der Waals surface area contributed by atoms with Gasteiger partial charge in [-0.25, -0.2) is 5.53 Å². The zero-order chi connectivity index (χ0) is 23.7. The number of hydrogen-bond acceptors (Lipinski definition) is 6. The lowest BCUT2D eigenvalue weighted by molar-refractivity contribution is -0.142. The highest BCUT2D eigenvalue weighted by atomic mass is 16.5. The zero-order valence-electron chi connectivity index (χ0n) is 19.5. The van der Waals surface area contributed by atoms with E-state index in [1.807, 2.05) is 17.0 Å². The van der Waals surface area contributed by atoms with Crippen LogP contribution in [0.1, 0.15) is 49.1 Å². The maximum absolute atomic E-state index is 12.7. The number of amidine groups is 1. The number of nitrogens with two attached hydrogens (primary N) is 1. The van der Waals surface area contributed by atoms with Crippen molar-refractivity contribution in [2.24, 2.45) is 21.5 Å². The summed E-state index contributed by atoms with van der Waals surface area (Å²) in [6.07, 6.45) is 4.98. The van der Waals surface area contributed by atoms with Crippen LogP contribution in [0.5, 0.6) is 5.75 Å². The van der Waals surface area contributed by atoms with E-state index in [2.05, 4.69) is 34.5 Å². The minimum Gasteiger partial charge on any atom is -0.496 e. The minimum atomic E-state index is -0.210. The molecule has 8 nitrogen and oxygen atoms in total. The number of hydrogen-bond donors (Lipinski definition) is 2. The number of nitrogens with one attached hydrogen (secondary N) is 1. The second-order valence-corrected chi connectivity index (χ2v) is 9.55. The number of piperidine rings is 1. The van der Waals surface area contributed by atoms with E-state index in [1.165, 1.54) is 12.0 Å². The molecule has 3 fully saturated rings. The quantitative estimate of drug-likeness (QED) is 0.227. The molecule has 0 radical (unpaired) electrons. The molecule has 0 aromatic heterocycles. The summed E-state index contributed by atoms with van der Waals surface area (Å²) < 4.78 is 11.2. The number of carbonyl (C=O) groups excluding carboxylic acids is 1. The minimum absolute atomic E-state index is 0.155. The molecule has 1 spiro atoms. The first-order valence-corrected chi connectivity index (χ1v) is 11.9. The van der Waals surface area contributed by atoms with Crippen molar-refractivity contribution in [2.75, 3.05) is 26.8 Å². The Kier molecular flexibility index (Phi) is 6.08. The van der Waals surface area contributed by atoms with Crippen LogP contribution < -0.4 is 10.6 Å². The lowest BCUT2D eigenvalue weighted by Gasteiger charge is -2.34. The molecule has 8 heteroatoms. The van der Waals surface area contributed by atoms with Gasteiger partial charge in [0.15, 0.2) is 5.84 Å². The van der Waals surface area contributed by atoms with Gasteiger partial charge in [-0.15, -0.1) is 5.11 Å². The first kappa shape index (κ1) is 22.5. The summed E-state index contributed by atoms with van der Waals surface area (Å²) in [4.78, 5) is 14.7. The van der Waals surface area contributed by atoms with Crippen LogP contribution in [0.4, 0.5) is 0 Å². The van der Waals surface area contributed by atoms with Crippen molar-refractivity contribution in [3.05, 3.63) is 53.6 Å². The Morgan fingerprint density at radius 2 is 1.97 bits per heavy atom. The summed E-state index contributed by atoms with van der Waals surface area (Å²) in [5.74, 6) is 6.91. The molecule has 5 rings (SSSR count). The number of ether oxygens (including phenoxy) is 2. The van der Waals surface area contributed by atoms with E-state index in [4.69, 9.17) is 20.8 Å². The fraction of sp³-hybridized carbons (Fsp3) is 0.462. The maximum Gasteiger partial charge on any atom is 0.251 e. The van der Waals surface area contributed by atoms with Gasteiger partial charge in [0, 0.05) is 30.8 Å². The van der Waals surface area contributed by atoms with Gasteiger partial charge in [-0.3, -0.25) is 4.79 Å². The third-order valence-corrected chi connectivity index (χ3v) is 7.78. The van der Waals surface area contributed by atoms with Crippen molar-refractivity contribution >= 4 is 11.7 Å². The Bertz CT molecular complexity index is 1100. The summed E-state index contributed by atoms with van der Waals surface area (Å²) in [6.45, 7) is 2.40. The standard InChI is InChI=1S/C26H31N5O3/c1-33-23-15-19(24(29-27)30-28)8-9-20(23)17-4-6-18(7-5-17)21-16-26(21)10-12-31(13-11-26)25(32)22-3-2-14-34-22/h4-9,15,21-22,27H,2-3,10-14,16,28H2,1H3/t21-,22-/m1/s1. The highest BCUT2D eigenvalue weighted by Crippen LogP contribution is 2.65. The predicted octanol–water partition coefficient (Wildman–Crippen LogP) is 4.29. The largest absolute Gasteiger partial charge is 0.496 e. The normalized spacial score (nSPS) is 23.7. The molecule has 178 valence electrons. The Balaban J connectivity index is 1.25. The van der Waals surface area contributed by atoms with Gasteiger partial charge in [0.25, 0.3) is 5.91 Å². The van der Waals surface area contributed by atoms with E-state index < -0.39 is 0 Å². The van der Waals surface area contributed by atoms with E-state index in [-0.39, 0.29) is 17.8 Å². The average Bonchev–Trinajstić information content (AvgIpc) is 3.29. The van der Waals surface area contributed by atoms with Gasteiger partial charge < -0.3 is 20.2 Å². The molecule has 3 aliphatic rings. The number of rotatable bonds is 5. The van der Waals surface area contributed by atoms with Crippen LogP contribution in [0.15, 0.2) is 52.7 Å². The molecule has 3 N–H and O–H groups in total. The van der Waals surface area contributed by atoms with Crippen molar-refractivity contribution < 1.29 is 14.3 Å². The number of carbonyl (C=O) groups is 1. The summed E-state index contributed by atoms with van der Waals surface area (Å²) in [6, 6.07) is 14.3. The van der Waals surface area contributed by atoms with Gasteiger partial charge in [-0.2, -0.15) is 5.10 Å². The van der Waals surface area contributed by atoms with Crippen LogP contribution in [0, 0.1) is 10.9 Å². The number of likely N-dealkylation sites (tertiary alicyclic amines) is 1. The first-order chi connectivity index (χ1) is 16.6. The highest BCUT2D eigenvalue weighted by Gasteiger charge is 2.55. The summed E-state index contributed by atoms with van der Waals surface area (Å²) >= 11 is 0. The molecule has 34 heavy (non-hydrogen) atoms. The van der Waals surface area contributed by atoms with E-state index in [9.17, 15) is 4.79 Å². The molecule has 0 unspecified atom stereocenters. The molecule has 2 heterocycles. The second-order valence-electron chi connectivity index (χ2n) is 9.55. The number of benzene rings is 2. The van der Waals surface area contributed by atoms with Crippen molar-refractivity contribution in [2.45, 2.75) is 44.1 Å². The molecular weight excluding hydrogens is 430 g/mol. The van der Waals surface area contributed by atoms with Crippen molar-refractivity contribution in [1.82, 2.24) is 4.90 Å². The summed E-state index contributed by atoms with van der Waals surface area (Å²) in [5, 5.41) is 6.91. The van der Waals surface area contributed by atoms with Gasteiger partial charge in [0.1, 0.15) is 11.9 Å². The molecular formula is C26H31N5O3. The van der Waals surface area contributed by atoms with Gasteiger partial charge in [0.05, 0.1) is 7.11 Å². The molecule has 2 saturated heterocycles. The fourth-order valence-electron chi connectivity index (χ4n) is 5.65. The topological polar surface area (TPSA) is 113 Å². The smallest absolute Gasteiger partial charge is 0.251 e. The number of amides is 1. The van der Waals surface area contributed by atoms with E-state index >= 15 is 0 Å². The zero-order valence-corrected chi connectivity index (χ0v) is 19.5. The van der Waals surface area contributed by atoms with Crippen LogP contribution in [0.25, 0.3) is 11.1 Å². The molecule has 2 aromatic rings. The molecule has 1 amide bonds. The lowest BCUT2D eigenvalue weighted by atomic mass is 9.88. The second kappa shape index (κ2) is 9.18. The summed E-state index contributed by atoms with van der Waals surface area (Å²) in [7, 11) is 1.62. The van der Waals surface area contributed by atoms with Crippen molar-refractivity contribution in [3.8, 4) is 16.9 Å². The Labute approximate surface area is 199 Å². The average molecular weight is 462 g/mol. The van der Waals surface area contributed by atoms with Crippen LogP contribution in [0.2, 0.25) is 0 Å². The van der Waals surface area contributed by atoms with Crippen molar-refractivity contribution in [1.29, 1.82) is 5.53 Å². The third kappa shape index (κ3) is 4.07. The molecule has 2 aromatic carbocycles. The predicted molar refractivity (Wildman–Crippen MR) is 129 cm³/mol. The van der Waals surface area contributed by atoms with Crippen LogP contribution in [0.3, 0.4) is 0 Å². The SMILES string of the molecule is COc1cc(C(N=N)=NN)ccc1-c1ccc([C@H]2CC23CCN(C(=O)[C@H]2CCCO2)CC3)cc1. The third-order valence-electron chi connectivity index (χ3n) is 7.78. The molecule has 2 atom stereocenters. The Morgan fingerprint density at radius 1 is 1.21 bits per heavy atom. The molecule has 2 aliphatic heterocycles. The van der Waals surface area contributed by atoms with Crippen LogP contribution >= 0.6 is 0 Å². The van der Waals surface area contributed by atoms with Crippen LogP contribution in [-0.4, -0.2) is 49.6 Å². The van der Waals surface area contributed by atoms with Crippen molar-refractivity contribution in [3.63, 3.8) is 0 Å². The van der Waals surface area contributed by atoms with E-state index in [0.717, 1.165) is 49.9 Å². The fourth-order valence-corrected chi connectivity index (χ4v) is 5.65. The van der Waals surface area contributed by atoms with Gasteiger partial charge >= 0.3 is 0 Å². The first-order valence-electron chi connectivity index (χ1n) is 11.9. The number of nitrogens with zero attached hydrogens (tertiary/aromatic N) is 3. The van der Waals surface area contributed by atoms with Crippen LogP contribution in [-0.2, 0) is 9.53 Å². The number of methoxy groups -OCH3 is 1. The number of hydrazone groups is 1. The van der Waals surface area contributed by atoms with Gasteiger partial charge in [0.2, 0.25) is 0 Å². The Morgan fingerprint density at radius 3 is 2.59 bits per heavy atom. The van der Waals surface area contributed by atoms with E-state index in [0.29, 0.717) is 29.3 Å². The highest BCUT2D eigenvalue weighted by molar-refractivity contribution is 5.99. The molecule has 0 bridgehead atoms. The maximum atomic E-state index is 12.7. The van der Waals surface area contributed by atoms with Gasteiger partial charge in [-0.05, 0) is 66.7 Å². The van der Waals surface area contributed by atoms with Gasteiger partial charge in [-0.1, -0.05) is 30.3 Å². The monoisotopic (exact) mass is 461 g/mol. The summed E-state index contributed by atoms with van der Waals surface area (Å²) in [5.41, 5.74) is 11.6. The Hall–Kier alpha value is -3.26. The molecule has 1 saturated carbocycles. The molecule has 1 aliphatic carbocycles. The lowest BCUT2D eigenvalue weighted by Crippen LogP contribution is -2.44.